The number of carboxylic acids is 1. The maximum Gasteiger partial charge on any atom is 0.416 e. The molecule has 1 aromatic heterocycles. The molecule has 1 aliphatic carbocycles. The van der Waals surface area contributed by atoms with Crippen LogP contribution in [0.1, 0.15) is 36.5 Å². The van der Waals surface area contributed by atoms with Gasteiger partial charge in [-0.25, -0.2) is 0 Å². The number of rotatable bonds is 7. The Morgan fingerprint density at radius 3 is 2.52 bits per heavy atom. The SMILES string of the molecule is CCN(Cc1cc(C(F)(F)F)ccc1-c1cc(CC(=O)O)ccn1)C(=O)C1CC1. The van der Waals surface area contributed by atoms with Gasteiger partial charge >= 0.3 is 12.1 Å². The normalized spacial score (nSPS) is 13.9. The van der Waals surface area contributed by atoms with Crippen molar-refractivity contribution in [3.8, 4) is 11.3 Å². The van der Waals surface area contributed by atoms with Crippen LogP contribution in [0.3, 0.4) is 0 Å². The quantitative estimate of drug-likeness (QED) is 0.750. The van der Waals surface area contributed by atoms with Crippen LogP contribution in [0.2, 0.25) is 0 Å². The lowest BCUT2D eigenvalue weighted by Crippen LogP contribution is -2.31. The number of hydrogen-bond donors (Lipinski definition) is 1. The molecule has 29 heavy (non-hydrogen) atoms. The third kappa shape index (κ3) is 5.13. The summed E-state index contributed by atoms with van der Waals surface area (Å²) in [6.45, 7) is 2.22. The topological polar surface area (TPSA) is 70.5 Å². The molecule has 154 valence electrons. The summed E-state index contributed by atoms with van der Waals surface area (Å²) in [5.74, 6) is -1.10. The Morgan fingerprint density at radius 2 is 1.93 bits per heavy atom. The van der Waals surface area contributed by atoms with E-state index >= 15 is 0 Å². The second kappa shape index (κ2) is 8.23. The fourth-order valence-electron chi connectivity index (χ4n) is 3.20. The summed E-state index contributed by atoms with van der Waals surface area (Å²) in [5.41, 5.74) is 0.855. The van der Waals surface area contributed by atoms with Crippen molar-refractivity contribution in [2.75, 3.05) is 6.54 Å². The zero-order valence-corrected chi connectivity index (χ0v) is 15.9. The van der Waals surface area contributed by atoms with E-state index in [4.69, 9.17) is 5.11 Å². The maximum atomic E-state index is 13.3. The van der Waals surface area contributed by atoms with Gasteiger partial charge in [0.25, 0.3) is 0 Å². The van der Waals surface area contributed by atoms with E-state index in [-0.39, 0.29) is 24.8 Å². The monoisotopic (exact) mass is 406 g/mol. The number of aromatic nitrogens is 1. The molecule has 1 aromatic carbocycles. The fourth-order valence-corrected chi connectivity index (χ4v) is 3.20. The average Bonchev–Trinajstić information content (AvgIpc) is 3.49. The lowest BCUT2D eigenvalue weighted by Gasteiger charge is -2.23. The van der Waals surface area contributed by atoms with Gasteiger partial charge in [-0.3, -0.25) is 14.6 Å². The van der Waals surface area contributed by atoms with E-state index in [1.807, 2.05) is 0 Å². The van der Waals surface area contributed by atoms with E-state index in [1.165, 1.54) is 12.3 Å². The Balaban J connectivity index is 2.01. The van der Waals surface area contributed by atoms with Crippen molar-refractivity contribution in [1.29, 1.82) is 0 Å². The highest BCUT2D eigenvalue weighted by molar-refractivity contribution is 5.81. The number of hydrogen-bond acceptors (Lipinski definition) is 3. The number of carbonyl (C=O) groups is 2. The summed E-state index contributed by atoms with van der Waals surface area (Å²) in [7, 11) is 0. The van der Waals surface area contributed by atoms with Gasteiger partial charge in [0.2, 0.25) is 5.91 Å². The fraction of sp³-hybridized carbons (Fsp3) is 0.381. The molecule has 2 aromatic rings. The molecular weight excluding hydrogens is 385 g/mol. The second-order valence-electron chi connectivity index (χ2n) is 7.12. The number of carbonyl (C=O) groups excluding carboxylic acids is 1. The van der Waals surface area contributed by atoms with Crippen LogP contribution in [0.15, 0.2) is 36.5 Å². The number of amides is 1. The Hall–Kier alpha value is -2.90. The van der Waals surface area contributed by atoms with Gasteiger partial charge in [-0.15, -0.1) is 0 Å². The van der Waals surface area contributed by atoms with Crippen molar-refractivity contribution in [2.24, 2.45) is 5.92 Å². The van der Waals surface area contributed by atoms with Crippen molar-refractivity contribution in [3.05, 3.63) is 53.2 Å². The van der Waals surface area contributed by atoms with Crippen LogP contribution in [0.25, 0.3) is 11.3 Å². The van der Waals surface area contributed by atoms with Gasteiger partial charge in [0.05, 0.1) is 17.7 Å². The Labute approximate surface area is 166 Å². The molecule has 5 nitrogen and oxygen atoms in total. The first kappa shape index (κ1) is 20.8. The summed E-state index contributed by atoms with van der Waals surface area (Å²) in [5, 5.41) is 8.99. The first-order valence-electron chi connectivity index (χ1n) is 9.35. The van der Waals surface area contributed by atoms with E-state index in [1.54, 1.807) is 24.0 Å². The van der Waals surface area contributed by atoms with Gasteiger partial charge in [0.1, 0.15) is 0 Å². The average molecular weight is 406 g/mol. The number of pyridine rings is 1. The number of nitrogens with zero attached hydrogens (tertiary/aromatic N) is 2. The molecule has 0 bridgehead atoms. The lowest BCUT2D eigenvalue weighted by molar-refractivity contribution is -0.138. The highest BCUT2D eigenvalue weighted by Gasteiger charge is 2.34. The molecule has 8 heteroatoms. The molecule has 1 aliphatic rings. The van der Waals surface area contributed by atoms with Crippen molar-refractivity contribution < 1.29 is 27.9 Å². The number of alkyl halides is 3. The van der Waals surface area contributed by atoms with E-state index in [9.17, 15) is 22.8 Å². The van der Waals surface area contributed by atoms with E-state index in [0.717, 1.165) is 25.0 Å². The summed E-state index contributed by atoms with van der Waals surface area (Å²) in [6, 6.07) is 6.46. The van der Waals surface area contributed by atoms with Crippen LogP contribution in [0.4, 0.5) is 13.2 Å². The summed E-state index contributed by atoms with van der Waals surface area (Å²) in [6.07, 6.45) is -1.68. The van der Waals surface area contributed by atoms with Gasteiger partial charge in [-0.2, -0.15) is 13.2 Å². The van der Waals surface area contributed by atoms with Crippen LogP contribution in [0.5, 0.6) is 0 Å². The van der Waals surface area contributed by atoms with Crippen molar-refractivity contribution in [2.45, 2.75) is 38.9 Å². The van der Waals surface area contributed by atoms with Gasteiger partial charge in [0, 0.05) is 30.8 Å². The van der Waals surface area contributed by atoms with Gasteiger partial charge in [-0.05, 0) is 55.2 Å². The van der Waals surface area contributed by atoms with Crippen LogP contribution in [-0.2, 0) is 28.7 Å². The first-order chi connectivity index (χ1) is 13.7. The number of benzene rings is 1. The van der Waals surface area contributed by atoms with Gasteiger partial charge < -0.3 is 10.0 Å². The third-order valence-electron chi connectivity index (χ3n) is 4.87. The van der Waals surface area contributed by atoms with Crippen molar-refractivity contribution in [3.63, 3.8) is 0 Å². The van der Waals surface area contributed by atoms with E-state index in [0.29, 0.717) is 28.9 Å². The molecule has 1 heterocycles. The second-order valence-corrected chi connectivity index (χ2v) is 7.12. The molecule has 0 unspecified atom stereocenters. The minimum absolute atomic E-state index is 0.0376. The number of halogens is 3. The molecule has 0 spiro atoms. The number of aliphatic carboxylic acids is 1. The lowest BCUT2D eigenvalue weighted by atomic mass is 9.98. The number of carboxylic acid groups (broad SMARTS) is 1. The predicted molar refractivity (Wildman–Crippen MR) is 99.8 cm³/mol. The van der Waals surface area contributed by atoms with Crippen LogP contribution in [-0.4, -0.2) is 33.4 Å². The molecule has 1 fully saturated rings. The summed E-state index contributed by atoms with van der Waals surface area (Å²) < 4.78 is 39.8. The summed E-state index contributed by atoms with van der Waals surface area (Å²) >= 11 is 0. The van der Waals surface area contributed by atoms with Crippen molar-refractivity contribution in [1.82, 2.24) is 9.88 Å². The highest BCUT2D eigenvalue weighted by Crippen LogP contribution is 2.35. The zero-order chi connectivity index (χ0) is 21.2. The smallest absolute Gasteiger partial charge is 0.416 e. The standard InChI is InChI=1S/C21H21F3N2O3/c1-2-26(20(29)14-3-4-14)12-15-11-16(21(22,23)24)5-6-17(15)18-9-13(7-8-25-18)10-19(27)28/h5-9,11,14H,2-4,10,12H2,1H3,(H,27,28). The molecule has 1 saturated carbocycles. The zero-order valence-electron chi connectivity index (χ0n) is 15.9. The van der Waals surface area contributed by atoms with Crippen LogP contribution >= 0.6 is 0 Å². The Kier molecular flexibility index (Phi) is 5.91. The molecule has 0 radical (unpaired) electrons. The van der Waals surface area contributed by atoms with Crippen molar-refractivity contribution >= 4 is 11.9 Å². The van der Waals surface area contributed by atoms with E-state index < -0.39 is 17.7 Å². The molecule has 0 aliphatic heterocycles. The Morgan fingerprint density at radius 1 is 1.21 bits per heavy atom. The minimum atomic E-state index is -4.51. The maximum absolute atomic E-state index is 13.3. The molecular formula is C21H21F3N2O3. The highest BCUT2D eigenvalue weighted by atomic mass is 19.4. The molecule has 1 N–H and O–H groups in total. The van der Waals surface area contributed by atoms with Crippen LogP contribution in [0, 0.1) is 5.92 Å². The largest absolute Gasteiger partial charge is 0.481 e. The molecule has 1 amide bonds. The molecule has 3 rings (SSSR count). The van der Waals surface area contributed by atoms with Gasteiger partial charge in [0.15, 0.2) is 0 Å². The van der Waals surface area contributed by atoms with E-state index in [2.05, 4.69) is 4.98 Å². The van der Waals surface area contributed by atoms with Gasteiger partial charge in [-0.1, -0.05) is 6.07 Å². The minimum Gasteiger partial charge on any atom is -0.481 e. The Bertz CT molecular complexity index is 924. The molecule has 0 saturated heterocycles. The third-order valence-corrected chi connectivity index (χ3v) is 4.87. The predicted octanol–water partition coefficient (Wildman–Crippen LogP) is 4.15. The van der Waals surface area contributed by atoms with Crippen LogP contribution < -0.4 is 0 Å². The first-order valence-corrected chi connectivity index (χ1v) is 9.35. The summed E-state index contributed by atoms with van der Waals surface area (Å²) in [4.78, 5) is 29.2. The molecule has 0 atom stereocenters.